The van der Waals surface area contributed by atoms with Crippen LogP contribution < -0.4 is 10.6 Å². The number of nitrogens with one attached hydrogen (secondary N) is 2. The standard InChI is InChI=1S/C14H20ClN3O3/c1-14(2,18(3)4)8-16-13(21)17-9-5-6-10(12(19)20)11(15)7-9/h5-7H,8H2,1-4H3,(H,19,20)(H2,16,17,21). The van der Waals surface area contributed by atoms with Crippen molar-refractivity contribution in [1.82, 2.24) is 10.2 Å². The summed E-state index contributed by atoms with van der Waals surface area (Å²) in [4.78, 5) is 24.7. The molecule has 0 spiro atoms. The third kappa shape index (κ3) is 4.91. The van der Waals surface area contributed by atoms with Gasteiger partial charge >= 0.3 is 12.0 Å². The predicted molar refractivity (Wildman–Crippen MR) is 83.2 cm³/mol. The summed E-state index contributed by atoms with van der Waals surface area (Å²) in [6.07, 6.45) is 0. The Morgan fingerprint density at radius 1 is 1.33 bits per heavy atom. The fraction of sp³-hybridized carbons (Fsp3) is 0.429. The normalized spacial score (nSPS) is 11.3. The summed E-state index contributed by atoms with van der Waals surface area (Å²) in [5.41, 5.74) is 0.254. The number of nitrogens with zero attached hydrogens (tertiary/aromatic N) is 1. The van der Waals surface area contributed by atoms with Gasteiger partial charge in [0.05, 0.1) is 10.6 Å². The molecule has 0 saturated carbocycles. The Bertz CT molecular complexity index is 544. The molecule has 0 fully saturated rings. The molecule has 0 aliphatic carbocycles. The Morgan fingerprint density at radius 3 is 2.43 bits per heavy atom. The third-order valence-corrected chi connectivity index (χ3v) is 3.66. The molecule has 2 amide bonds. The minimum Gasteiger partial charge on any atom is -0.478 e. The lowest BCUT2D eigenvalue weighted by atomic mass is 10.1. The quantitative estimate of drug-likeness (QED) is 0.780. The van der Waals surface area contributed by atoms with Crippen molar-refractivity contribution in [1.29, 1.82) is 0 Å². The van der Waals surface area contributed by atoms with Crippen LogP contribution in [0.2, 0.25) is 5.02 Å². The first-order valence-electron chi connectivity index (χ1n) is 6.38. The van der Waals surface area contributed by atoms with Crippen LogP contribution in [0.4, 0.5) is 10.5 Å². The van der Waals surface area contributed by atoms with E-state index in [1.54, 1.807) is 0 Å². The fourth-order valence-corrected chi connectivity index (χ4v) is 1.66. The van der Waals surface area contributed by atoms with Gasteiger partial charge in [-0.2, -0.15) is 0 Å². The summed E-state index contributed by atoms with van der Waals surface area (Å²) in [6.45, 7) is 4.48. The highest BCUT2D eigenvalue weighted by Gasteiger charge is 2.21. The third-order valence-electron chi connectivity index (χ3n) is 3.35. The van der Waals surface area contributed by atoms with Crippen molar-refractivity contribution in [2.24, 2.45) is 0 Å². The number of likely N-dealkylation sites (N-methyl/N-ethyl adjacent to an activating group) is 1. The van der Waals surface area contributed by atoms with Crippen LogP contribution in [0.1, 0.15) is 24.2 Å². The summed E-state index contributed by atoms with van der Waals surface area (Å²) >= 11 is 5.84. The average molecular weight is 314 g/mol. The highest BCUT2D eigenvalue weighted by atomic mass is 35.5. The minimum absolute atomic E-state index is 0.00336. The van der Waals surface area contributed by atoms with Crippen LogP contribution in [0.15, 0.2) is 18.2 Å². The molecule has 0 bridgehead atoms. The molecule has 0 aliphatic rings. The molecular weight excluding hydrogens is 294 g/mol. The largest absolute Gasteiger partial charge is 0.478 e. The molecule has 3 N–H and O–H groups in total. The lowest BCUT2D eigenvalue weighted by Crippen LogP contribution is -2.49. The fourth-order valence-electron chi connectivity index (χ4n) is 1.40. The Hall–Kier alpha value is -1.79. The molecule has 1 aromatic carbocycles. The van der Waals surface area contributed by atoms with Crippen molar-refractivity contribution in [3.05, 3.63) is 28.8 Å². The number of amides is 2. The van der Waals surface area contributed by atoms with Gasteiger partial charge in [0.15, 0.2) is 0 Å². The number of aromatic carboxylic acids is 1. The predicted octanol–water partition coefficient (Wildman–Crippen LogP) is 2.50. The molecular formula is C14H20ClN3O3. The second-order valence-corrected chi connectivity index (χ2v) is 5.92. The molecule has 0 radical (unpaired) electrons. The van der Waals surface area contributed by atoms with Gasteiger partial charge in [0.1, 0.15) is 0 Å². The molecule has 0 unspecified atom stereocenters. The molecule has 116 valence electrons. The smallest absolute Gasteiger partial charge is 0.337 e. The van der Waals surface area contributed by atoms with E-state index in [1.165, 1.54) is 18.2 Å². The van der Waals surface area contributed by atoms with Gasteiger partial charge in [-0.1, -0.05) is 11.6 Å². The number of rotatable bonds is 5. The molecule has 1 rings (SSSR count). The second-order valence-electron chi connectivity index (χ2n) is 5.51. The Labute approximate surface area is 129 Å². The Morgan fingerprint density at radius 2 is 1.95 bits per heavy atom. The number of carbonyl (C=O) groups is 2. The van der Waals surface area contributed by atoms with Crippen molar-refractivity contribution >= 4 is 29.3 Å². The van der Waals surface area contributed by atoms with Gasteiger partial charge < -0.3 is 20.6 Å². The van der Waals surface area contributed by atoms with Crippen LogP contribution >= 0.6 is 11.6 Å². The zero-order valence-electron chi connectivity index (χ0n) is 12.5. The van der Waals surface area contributed by atoms with E-state index in [-0.39, 0.29) is 22.2 Å². The first kappa shape index (κ1) is 17.3. The molecule has 21 heavy (non-hydrogen) atoms. The van der Waals surface area contributed by atoms with E-state index in [4.69, 9.17) is 16.7 Å². The van der Waals surface area contributed by atoms with Gasteiger partial charge in [0.25, 0.3) is 0 Å². The van der Waals surface area contributed by atoms with Crippen LogP contribution in [-0.4, -0.2) is 48.2 Å². The zero-order chi connectivity index (χ0) is 16.2. The van der Waals surface area contributed by atoms with Gasteiger partial charge in [-0.15, -0.1) is 0 Å². The average Bonchev–Trinajstić information content (AvgIpc) is 2.36. The van der Waals surface area contributed by atoms with Gasteiger partial charge in [0, 0.05) is 17.8 Å². The maximum absolute atomic E-state index is 11.8. The van der Waals surface area contributed by atoms with E-state index in [0.29, 0.717) is 12.2 Å². The van der Waals surface area contributed by atoms with Gasteiger partial charge in [-0.25, -0.2) is 9.59 Å². The zero-order valence-corrected chi connectivity index (χ0v) is 13.3. The highest BCUT2D eigenvalue weighted by molar-refractivity contribution is 6.33. The van der Waals surface area contributed by atoms with Crippen LogP contribution in [0.3, 0.4) is 0 Å². The summed E-state index contributed by atoms with van der Waals surface area (Å²) < 4.78 is 0. The number of carboxylic acid groups (broad SMARTS) is 1. The van der Waals surface area contributed by atoms with Crippen LogP contribution in [0, 0.1) is 0 Å². The molecule has 0 heterocycles. The van der Waals surface area contributed by atoms with Gasteiger partial charge in [0.2, 0.25) is 0 Å². The van der Waals surface area contributed by atoms with Gasteiger partial charge in [-0.05, 0) is 46.1 Å². The number of halogens is 1. The lowest BCUT2D eigenvalue weighted by Gasteiger charge is -2.32. The summed E-state index contributed by atoms with van der Waals surface area (Å²) in [5, 5.41) is 14.3. The topological polar surface area (TPSA) is 81.7 Å². The summed E-state index contributed by atoms with van der Waals surface area (Å²) in [7, 11) is 3.87. The number of carbonyl (C=O) groups excluding carboxylic acids is 1. The summed E-state index contributed by atoms with van der Waals surface area (Å²) in [5.74, 6) is -1.11. The number of carboxylic acids is 1. The molecule has 1 aromatic rings. The van der Waals surface area contributed by atoms with E-state index in [0.717, 1.165) is 0 Å². The van der Waals surface area contributed by atoms with Crippen molar-refractivity contribution in [2.75, 3.05) is 26.0 Å². The molecule has 7 heteroatoms. The molecule has 0 atom stereocenters. The van der Waals surface area contributed by atoms with Crippen LogP contribution in [0.5, 0.6) is 0 Å². The Balaban J connectivity index is 2.64. The van der Waals surface area contributed by atoms with Crippen LogP contribution in [0.25, 0.3) is 0 Å². The number of anilines is 1. The van der Waals surface area contributed by atoms with E-state index in [1.807, 2.05) is 32.8 Å². The first-order valence-corrected chi connectivity index (χ1v) is 6.76. The SMILES string of the molecule is CN(C)C(C)(C)CNC(=O)Nc1ccc(C(=O)O)c(Cl)c1. The first-order chi connectivity index (χ1) is 9.63. The van der Waals surface area contributed by atoms with Crippen molar-refractivity contribution < 1.29 is 14.7 Å². The maximum Gasteiger partial charge on any atom is 0.337 e. The lowest BCUT2D eigenvalue weighted by molar-refractivity contribution is 0.0697. The number of urea groups is 1. The van der Waals surface area contributed by atoms with E-state index >= 15 is 0 Å². The van der Waals surface area contributed by atoms with E-state index in [9.17, 15) is 9.59 Å². The molecule has 0 saturated heterocycles. The number of hydrogen-bond donors (Lipinski definition) is 3. The van der Waals surface area contributed by atoms with Gasteiger partial charge in [-0.3, -0.25) is 0 Å². The van der Waals surface area contributed by atoms with E-state index < -0.39 is 5.97 Å². The monoisotopic (exact) mass is 313 g/mol. The number of benzene rings is 1. The van der Waals surface area contributed by atoms with Crippen molar-refractivity contribution in [2.45, 2.75) is 19.4 Å². The van der Waals surface area contributed by atoms with Crippen molar-refractivity contribution in [3.63, 3.8) is 0 Å². The van der Waals surface area contributed by atoms with Crippen molar-refractivity contribution in [3.8, 4) is 0 Å². The van der Waals surface area contributed by atoms with E-state index in [2.05, 4.69) is 10.6 Å². The molecule has 6 nitrogen and oxygen atoms in total. The molecule has 0 aromatic heterocycles. The maximum atomic E-state index is 11.8. The second kappa shape index (κ2) is 6.78. The molecule has 0 aliphatic heterocycles. The highest BCUT2D eigenvalue weighted by Crippen LogP contribution is 2.21. The number of hydrogen-bond acceptors (Lipinski definition) is 3. The van der Waals surface area contributed by atoms with Crippen LogP contribution in [-0.2, 0) is 0 Å². The summed E-state index contributed by atoms with van der Waals surface area (Å²) in [6, 6.07) is 3.88. The Kier molecular flexibility index (Phi) is 5.57. The minimum atomic E-state index is -1.11.